The van der Waals surface area contributed by atoms with Crippen molar-refractivity contribution >= 4 is 32.5 Å². The van der Waals surface area contributed by atoms with E-state index in [4.69, 9.17) is 0 Å². The Morgan fingerprint density at radius 3 is 2.47 bits per heavy atom. The molecule has 1 N–H and O–H groups in total. The molecule has 1 aromatic carbocycles. The maximum Gasteiger partial charge on any atom is 0.228 e. The molecule has 2 aromatic heterocycles. The summed E-state index contributed by atoms with van der Waals surface area (Å²) < 4.78 is 26.7. The Labute approximate surface area is 176 Å². The molecule has 30 heavy (non-hydrogen) atoms. The first-order valence-electron chi connectivity index (χ1n) is 9.87. The van der Waals surface area contributed by atoms with Crippen molar-refractivity contribution in [3.8, 4) is 11.3 Å². The molecule has 3 aromatic rings. The number of hydrogen-bond acceptors (Lipinski definition) is 5. The number of fused-ring (bicyclic) bond motifs is 1. The highest BCUT2D eigenvalue weighted by Gasteiger charge is 2.29. The first-order chi connectivity index (χ1) is 14.2. The van der Waals surface area contributed by atoms with Gasteiger partial charge < -0.3 is 9.88 Å². The standard InChI is InChI=1S/C21H25N5O3S/c1-14-22-13-19(25(14)2)16-4-5-17-12-23-20(11-18(17)10-16)24-21(27)15-6-8-26(9-7-15)30(3,28)29/h4-5,10-13,15H,6-9H2,1-3H3,(H,23,24,27). The molecule has 0 aliphatic carbocycles. The Morgan fingerprint density at radius 1 is 1.10 bits per heavy atom. The number of aryl methyl sites for hydroxylation is 1. The highest BCUT2D eigenvalue weighted by atomic mass is 32.2. The van der Waals surface area contributed by atoms with Gasteiger partial charge in [-0.05, 0) is 37.3 Å². The van der Waals surface area contributed by atoms with Gasteiger partial charge in [-0.25, -0.2) is 22.7 Å². The van der Waals surface area contributed by atoms with E-state index in [0.717, 1.165) is 27.9 Å². The second-order valence-electron chi connectivity index (χ2n) is 7.81. The number of pyridine rings is 1. The molecule has 0 saturated carbocycles. The van der Waals surface area contributed by atoms with Gasteiger partial charge in [0.1, 0.15) is 11.6 Å². The van der Waals surface area contributed by atoms with Gasteiger partial charge in [0.2, 0.25) is 15.9 Å². The summed E-state index contributed by atoms with van der Waals surface area (Å²) in [7, 11) is -1.22. The number of anilines is 1. The smallest absolute Gasteiger partial charge is 0.228 e. The number of benzene rings is 1. The van der Waals surface area contributed by atoms with Crippen molar-refractivity contribution in [2.75, 3.05) is 24.7 Å². The van der Waals surface area contributed by atoms with Gasteiger partial charge in [0.05, 0.1) is 18.1 Å². The number of sulfonamides is 1. The lowest BCUT2D eigenvalue weighted by Crippen LogP contribution is -2.40. The van der Waals surface area contributed by atoms with E-state index in [1.165, 1.54) is 10.6 Å². The largest absolute Gasteiger partial charge is 0.331 e. The first kappa shape index (κ1) is 20.5. The van der Waals surface area contributed by atoms with Crippen LogP contribution in [-0.4, -0.2) is 52.5 Å². The van der Waals surface area contributed by atoms with Crippen molar-refractivity contribution in [1.29, 1.82) is 0 Å². The minimum Gasteiger partial charge on any atom is -0.331 e. The minimum absolute atomic E-state index is 0.117. The van der Waals surface area contributed by atoms with Gasteiger partial charge >= 0.3 is 0 Å². The van der Waals surface area contributed by atoms with E-state index in [9.17, 15) is 13.2 Å². The molecule has 0 atom stereocenters. The zero-order chi connectivity index (χ0) is 21.5. The molecule has 8 nitrogen and oxygen atoms in total. The van der Waals surface area contributed by atoms with Crippen molar-refractivity contribution < 1.29 is 13.2 Å². The monoisotopic (exact) mass is 427 g/mol. The van der Waals surface area contributed by atoms with Gasteiger partial charge in [-0.15, -0.1) is 0 Å². The van der Waals surface area contributed by atoms with Crippen molar-refractivity contribution in [2.24, 2.45) is 13.0 Å². The van der Waals surface area contributed by atoms with E-state index in [-0.39, 0.29) is 11.8 Å². The molecule has 0 spiro atoms. The number of hydrogen-bond donors (Lipinski definition) is 1. The van der Waals surface area contributed by atoms with Gasteiger partial charge in [-0.2, -0.15) is 0 Å². The zero-order valence-electron chi connectivity index (χ0n) is 17.3. The van der Waals surface area contributed by atoms with Gasteiger partial charge in [0.15, 0.2) is 0 Å². The van der Waals surface area contributed by atoms with Crippen molar-refractivity contribution in [3.05, 3.63) is 42.5 Å². The van der Waals surface area contributed by atoms with E-state index in [1.54, 1.807) is 6.20 Å². The molecule has 1 fully saturated rings. The van der Waals surface area contributed by atoms with Crippen molar-refractivity contribution in [3.63, 3.8) is 0 Å². The lowest BCUT2D eigenvalue weighted by molar-refractivity contribution is -0.120. The average molecular weight is 428 g/mol. The van der Waals surface area contributed by atoms with Crippen LogP contribution in [0.5, 0.6) is 0 Å². The topological polar surface area (TPSA) is 97.2 Å². The first-order valence-corrected chi connectivity index (χ1v) is 11.7. The number of carbonyl (C=O) groups excluding carboxylic acids is 1. The lowest BCUT2D eigenvalue weighted by Gasteiger charge is -2.29. The van der Waals surface area contributed by atoms with Crippen LogP contribution >= 0.6 is 0 Å². The molecule has 1 saturated heterocycles. The minimum atomic E-state index is -3.20. The summed E-state index contributed by atoms with van der Waals surface area (Å²) in [5, 5.41) is 4.86. The third kappa shape index (κ3) is 4.08. The summed E-state index contributed by atoms with van der Waals surface area (Å²) in [5.74, 6) is 1.10. The number of nitrogens with one attached hydrogen (secondary N) is 1. The molecule has 3 heterocycles. The average Bonchev–Trinajstić information content (AvgIpc) is 3.05. The number of piperidine rings is 1. The molecule has 158 valence electrons. The Kier molecular flexibility index (Phi) is 5.33. The van der Waals surface area contributed by atoms with Crippen LogP contribution in [0.2, 0.25) is 0 Å². The molecule has 0 unspecified atom stereocenters. The van der Waals surface area contributed by atoms with E-state index in [1.807, 2.05) is 42.9 Å². The maximum absolute atomic E-state index is 12.7. The van der Waals surface area contributed by atoms with Crippen LogP contribution < -0.4 is 5.32 Å². The molecular weight excluding hydrogens is 402 g/mol. The number of rotatable bonds is 4. The van der Waals surface area contributed by atoms with Crippen molar-refractivity contribution in [2.45, 2.75) is 19.8 Å². The van der Waals surface area contributed by atoms with Crippen molar-refractivity contribution in [1.82, 2.24) is 18.8 Å². The van der Waals surface area contributed by atoms with Gasteiger partial charge in [-0.1, -0.05) is 12.1 Å². The predicted molar refractivity (Wildman–Crippen MR) is 116 cm³/mol. The third-order valence-electron chi connectivity index (χ3n) is 5.78. The maximum atomic E-state index is 12.7. The van der Waals surface area contributed by atoms with Gasteiger partial charge in [0.25, 0.3) is 0 Å². The summed E-state index contributed by atoms with van der Waals surface area (Å²) in [6.07, 6.45) is 5.82. The van der Waals surface area contributed by atoms with Crippen LogP contribution in [0, 0.1) is 12.8 Å². The van der Waals surface area contributed by atoms with Gasteiger partial charge in [-0.3, -0.25) is 4.79 Å². The highest BCUT2D eigenvalue weighted by molar-refractivity contribution is 7.88. The van der Waals surface area contributed by atoms with E-state index in [2.05, 4.69) is 21.4 Å². The molecule has 0 bridgehead atoms. The second kappa shape index (κ2) is 7.81. The molecule has 1 aliphatic heterocycles. The second-order valence-corrected chi connectivity index (χ2v) is 9.79. The number of nitrogens with zero attached hydrogens (tertiary/aromatic N) is 4. The highest BCUT2D eigenvalue weighted by Crippen LogP contribution is 2.26. The molecule has 9 heteroatoms. The summed E-state index contributed by atoms with van der Waals surface area (Å²) in [6.45, 7) is 2.70. The normalized spacial score (nSPS) is 16.1. The summed E-state index contributed by atoms with van der Waals surface area (Å²) in [5.41, 5.74) is 2.07. The van der Waals surface area contributed by atoms with E-state index in [0.29, 0.717) is 31.7 Å². The molecule has 1 aliphatic rings. The van der Waals surface area contributed by atoms with E-state index < -0.39 is 10.0 Å². The fourth-order valence-electron chi connectivity index (χ4n) is 3.82. The number of amides is 1. The van der Waals surface area contributed by atoms with E-state index >= 15 is 0 Å². The predicted octanol–water partition coefficient (Wildman–Crippen LogP) is 2.55. The van der Waals surface area contributed by atoms with Crippen LogP contribution in [0.3, 0.4) is 0 Å². The van der Waals surface area contributed by atoms with Crippen LogP contribution in [0.4, 0.5) is 5.82 Å². The van der Waals surface area contributed by atoms with Crippen LogP contribution in [0.15, 0.2) is 36.7 Å². The summed E-state index contributed by atoms with van der Waals surface area (Å²) >= 11 is 0. The quantitative estimate of drug-likeness (QED) is 0.690. The lowest BCUT2D eigenvalue weighted by atomic mass is 9.97. The third-order valence-corrected chi connectivity index (χ3v) is 7.09. The molecule has 0 radical (unpaired) electrons. The Morgan fingerprint density at radius 2 is 1.83 bits per heavy atom. The Balaban J connectivity index is 1.51. The fraction of sp³-hybridized carbons (Fsp3) is 0.381. The number of carbonyl (C=O) groups is 1. The molecule has 4 rings (SSSR count). The van der Waals surface area contributed by atoms with Gasteiger partial charge in [0, 0.05) is 43.2 Å². The number of aromatic nitrogens is 3. The zero-order valence-corrected chi connectivity index (χ0v) is 18.1. The van der Waals surface area contributed by atoms with Crippen LogP contribution in [0.1, 0.15) is 18.7 Å². The van der Waals surface area contributed by atoms with Crippen LogP contribution in [0.25, 0.3) is 22.0 Å². The molecule has 1 amide bonds. The SMILES string of the molecule is Cc1ncc(-c2ccc3cnc(NC(=O)C4CCN(S(C)(=O)=O)CC4)cc3c2)n1C. The molecular formula is C21H25N5O3S. The fourth-order valence-corrected chi connectivity index (χ4v) is 4.69. The summed E-state index contributed by atoms with van der Waals surface area (Å²) in [4.78, 5) is 21.4. The van der Waals surface area contributed by atoms with Crippen LogP contribution in [-0.2, 0) is 21.9 Å². The Hall–Kier alpha value is -2.78. The number of imidazole rings is 1. The summed E-state index contributed by atoms with van der Waals surface area (Å²) in [6, 6.07) is 7.97. The Bertz CT molecular complexity index is 1210.